The summed E-state index contributed by atoms with van der Waals surface area (Å²) in [5, 5.41) is 9.01. The number of aliphatic imine (C=N–C) groups is 1. The maximum absolute atomic E-state index is 4.32. The van der Waals surface area contributed by atoms with Gasteiger partial charge in [-0.2, -0.15) is 0 Å². The van der Waals surface area contributed by atoms with Gasteiger partial charge in [-0.1, -0.05) is 25.8 Å². The van der Waals surface area contributed by atoms with Gasteiger partial charge < -0.3 is 15.5 Å². The zero-order chi connectivity index (χ0) is 15.6. The summed E-state index contributed by atoms with van der Waals surface area (Å²) in [4.78, 5) is 8.32. The molecule has 1 aliphatic heterocycles. The average molecular weight is 450 g/mol. The van der Waals surface area contributed by atoms with Crippen LogP contribution in [-0.2, 0) is 0 Å². The first-order valence-corrected chi connectivity index (χ1v) is 9.38. The minimum atomic E-state index is 0. The topological polar surface area (TPSA) is 39.7 Å². The lowest BCUT2D eigenvalue weighted by molar-refractivity contribution is 0.289. The highest BCUT2D eigenvalue weighted by atomic mass is 127. The third-order valence-corrected chi connectivity index (χ3v) is 5.35. The van der Waals surface area contributed by atoms with E-state index in [2.05, 4.69) is 45.0 Å². The van der Waals surface area contributed by atoms with Crippen LogP contribution in [0.4, 0.5) is 0 Å². The van der Waals surface area contributed by atoms with Crippen molar-refractivity contribution < 1.29 is 0 Å². The number of likely N-dealkylation sites (tertiary alicyclic amines) is 1. The van der Waals surface area contributed by atoms with Crippen molar-refractivity contribution in [2.24, 2.45) is 4.99 Å². The number of nitrogens with zero attached hydrogens (tertiary/aromatic N) is 2. The van der Waals surface area contributed by atoms with E-state index in [9.17, 15) is 0 Å². The second kappa shape index (κ2) is 12.1. The van der Waals surface area contributed by atoms with Gasteiger partial charge in [0, 0.05) is 37.5 Å². The number of halogens is 1. The molecule has 0 aromatic carbocycles. The van der Waals surface area contributed by atoms with Crippen LogP contribution in [0.2, 0.25) is 0 Å². The summed E-state index contributed by atoms with van der Waals surface area (Å²) >= 11 is 1.82. The second-order valence-corrected chi connectivity index (χ2v) is 7.03. The van der Waals surface area contributed by atoms with Crippen molar-refractivity contribution in [2.75, 3.05) is 39.8 Å². The van der Waals surface area contributed by atoms with Crippen LogP contribution in [0.1, 0.15) is 43.4 Å². The SMILES string of the molecule is CN=C(NCCN1CCCCCC1)NCC(C)c1cccs1.I. The monoisotopic (exact) mass is 450 g/mol. The van der Waals surface area contributed by atoms with E-state index < -0.39 is 0 Å². The fraction of sp³-hybridized carbons (Fsp3) is 0.706. The van der Waals surface area contributed by atoms with Crippen molar-refractivity contribution in [2.45, 2.75) is 38.5 Å². The molecule has 1 unspecified atom stereocenters. The molecule has 132 valence electrons. The molecule has 6 heteroatoms. The van der Waals surface area contributed by atoms with Gasteiger partial charge in [0.05, 0.1) is 0 Å². The van der Waals surface area contributed by atoms with Gasteiger partial charge in [0.2, 0.25) is 0 Å². The minimum absolute atomic E-state index is 0. The Kier molecular flexibility index (Phi) is 10.9. The number of thiophene rings is 1. The molecule has 1 aliphatic rings. The predicted octanol–water partition coefficient (Wildman–Crippen LogP) is 3.51. The zero-order valence-corrected chi connectivity index (χ0v) is 17.5. The van der Waals surface area contributed by atoms with Gasteiger partial charge in [-0.3, -0.25) is 4.99 Å². The molecule has 0 saturated carbocycles. The number of nitrogens with one attached hydrogen (secondary N) is 2. The zero-order valence-electron chi connectivity index (χ0n) is 14.4. The molecule has 0 amide bonds. The van der Waals surface area contributed by atoms with Crippen molar-refractivity contribution in [1.29, 1.82) is 0 Å². The standard InChI is InChI=1S/C17H30N4S.HI/c1-15(16-8-7-13-22-16)14-20-17(18-2)19-9-12-21-10-5-3-4-6-11-21;/h7-8,13,15H,3-6,9-12,14H2,1-2H3,(H2,18,19,20);1H. The van der Waals surface area contributed by atoms with Crippen LogP contribution in [-0.4, -0.2) is 50.6 Å². The molecule has 2 heterocycles. The Bertz CT molecular complexity index is 428. The Morgan fingerprint density at radius 2 is 2.00 bits per heavy atom. The first kappa shape index (κ1) is 20.7. The smallest absolute Gasteiger partial charge is 0.191 e. The molecule has 1 aromatic rings. The molecule has 0 radical (unpaired) electrons. The summed E-state index contributed by atoms with van der Waals surface area (Å²) in [6.45, 7) is 7.76. The third-order valence-electron chi connectivity index (χ3n) is 4.25. The normalized spacial score (nSPS) is 17.9. The molecule has 1 fully saturated rings. The highest BCUT2D eigenvalue weighted by Crippen LogP contribution is 2.19. The lowest BCUT2D eigenvalue weighted by Crippen LogP contribution is -2.42. The second-order valence-electron chi connectivity index (χ2n) is 6.05. The number of hydrogen-bond donors (Lipinski definition) is 2. The molecular formula is C17H31IN4S. The van der Waals surface area contributed by atoms with Gasteiger partial charge in [-0.15, -0.1) is 35.3 Å². The predicted molar refractivity (Wildman–Crippen MR) is 112 cm³/mol. The Balaban J connectivity index is 0.00000264. The summed E-state index contributed by atoms with van der Waals surface area (Å²) in [5.74, 6) is 1.43. The maximum Gasteiger partial charge on any atom is 0.191 e. The van der Waals surface area contributed by atoms with Crippen molar-refractivity contribution in [3.8, 4) is 0 Å². The van der Waals surface area contributed by atoms with Crippen LogP contribution in [0.15, 0.2) is 22.5 Å². The van der Waals surface area contributed by atoms with Gasteiger partial charge in [-0.25, -0.2) is 0 Å². The van der Waals surface area contributed by atoms with Crippen molar-refractivity contribution in [3.05, 3.63) is 22.4 Å². The first-order valence-electron chi connectivity index (χ1n) is 8.50. The molecule has 2 rings (SSSR count). The quantitative estimate of drug-likeness (QED) is 0.396. The molecule has 1 saturated heterocycles. The first-order chi connectivity index (χ1) is 10.8. The van der Waals surface area contributed by atoms with Crippen LogP contribution in [0.25, 0.3) is 0 Å². The molecule has 0 spiro atoms. The molecule has 1 atom stereocenters. The Morgan fingerprint density at radius 1 is 1.26 bits per heavy atom. The largest absolute Gasteiger partial charge is 0.356 e. The Morgan fingerprint density at radius 3 is 2.61 bits per heavy atom. The minimum Gasteiger partial charge on any atom is -0.356 e. The Labute approximate surface area is 162 Å². The number of guanidine groups is 1. The number of rotatable bonds is 6. The van der Waals surface area contributed by atoms with E-state index in [4.69, 9.17) is 0 Å². The lowest BCUT2D eigenvalue weighted by atomic mass is 10.1. The fourth-order valence-electron chi connectivity index (χ4n) is 2.83. The van der Waals surface area contributed by atoms with Crippen LogP contribution in [0.3, 0.4) is 0 Å². The molecule has 2 N–H and O–H groups in total. The van der Waals surface area contributed by atoms with Gasteiger partial charge in [0.1, 0.15) is 0 Å². The summed E-state index contributed by atoms with van der Waals surface area (Å²) in [7, 11) is 1.84. The highest BCUT2D eigenvalue weighted by Gasteiger charge is 2.10. The molecule has 23 heavy (non-hydrogen) atoms. The van der Waals surface area contributed by atoms with Crippen LogP contribution < -0.4 is 10.6 Å². The van der Waals surface area contributed by atoms with E-state index in [0.717, 1.165) is 25.6 Å². The van der Waals surface area contributed by atoms with Crippen LogP contribution >= 0.6 is 35.3 Å². The van der Waals surface area contributed by atoms with E-state index in [-0.39, 0.29) is 24.0 Å². The highest BCUT2D eigenvalue weighted by molar-refractivity contribution is 14.0. The van der Waals surface area contributed by atoms with E-state index in [1.165, 1.54) is 43.6 Å². The van der Waals surface area contributed by atoms with Crippen LogP contribution in [0, 0.1) is 0 Å². The Hall–Kier alpha value is -0.340. The maximum atomic E-state index is 4.32. The summed E-state index contributed by atoms with van der Waals surface area (Å²) in [5.41, 5.74) is 0. The van der Waals surface area contributed by atoms with Crippen molar-refractivity contribution in [3.63, 3.8) is 0 Å². The van der Waals surface area contributed by atoms with Crippen LogP contribution in [0.5, 0.6) is 0 Å². The third kappa shape index (κ3) is 7.85. The summed E-state index contributed by atoms with van der Waals surface area (Å²) in [6, 6.07) is 4.32. The van der Waals surface area contributed by atoms with Crippen molar-refractivity contribution >= 4 is 41.3 Å². The van der Waals surface area contributed by atoms with E-state index in [1.54, 1.807) is 0 Å². The van der Waals surface area contributed by atoms with Gasteiger partial charge >= 0.3 is 0 Å². The van der Waals surface area contributed by atoms with E-state index in [1.807, 2.05) is 18.4 Å². The molecule has 4 nitrogen and oxygen atoms in total. The van der Waals surface area contributed by atoms with E-state index in [0.29, 0.717) is 5.92 Å². The van der Waals surface area contributed by atoms with Gasteiger partial charge in [0.15, 0.2) is 5.96 Å². The van der Waals surface area contributed by atoms with E-state index >= 15 is 0 Å². The number of hydrogen-bond acceptors (Lipinski definition) is 3. The molecule has 0 aliphatic carbocycles. The lowest BCUT2D eigenvalue weighted by Gasteiger charge is -2.21. The fourth-order valence-corrected chi connectivity index (χ4v) is 3.62. The van der Waals surface area contributed by atoms with Gasteiger partial charge in [0.25, 0.3) is 0 Å². The van der Waals surface area contributed by atoms with Gasteiger partial charge in [-0.05, 0) is 37.4 Å². The summed E-state index contributed by atoms with van der Waals surface area (Å²) in [6.07, 6.45) is 5.50. The average Bonchev–Trinajstić information content (AvgIpc) is 2.95. The summed E-state index contributed by atoms with van der Waals surface area (Å²) < 4.78 is 0. The molecule has 1 aromatic heterocycles. The molecular weight excluding hydrogens is 419 g/mol. The van der Waals surface area contributed by atoms with Crippen molar-refractivity contribution in [1.82, 2.24) is 15.5 Å². The molecule has 0 bridgehead atoms.